The van der Waals surface area contributed by atoms with E-state index in [0.717, 1.165) is 5.56 Å². The highest BCUT2D eigenvalue weighted by Crippen LogP contribution is 2.37. The van der Waals surface area contributed by atoms with Gasteiger partial charge in [0.05, 0.1) is 18.2 Å². The zero-order valence-electron chi connectivity index (χ0n) is 20.1. The highest BCUT2D eigenvalue weighted by Gasteiger charge is 2.15. The first-order valence-corrected chi connectivity index (χ1v) is 11.4. The number of aryl methyl sites for hydroxylation is 1. The van der Waals surface area contributed by atoms with Gasteiger partial charge >= 0.3 is 0 Å². The van der Waals surface area contributed by atoms with Crippen molar-refractivity contribution in [2.24, 2.45) is 0 Å². The van der Waals surface area contributed by atoms with E-state index in [1.165, 1.54) is 18.7 Å². The van der Waals surface area contributed by atoms with Crippen molar-refractivity contribution >= 4 is 29.3 Å². The Bertz CT molecular complexity index is 1240. The maximum Gasteiger partial charge on any atom is 0.266 e. The van der Waals surface area contributed by atoms with Crippen molar-refractivity contribution in [3.05, 3.63) is 87.9 Å². The van der Waals surface area contributed by atoms with Gasteiger partial charge in [0.1, 0.15) is 24.0 Å². The second kappa shape index (κ2) is 12.0. The first-order valence-electron chi connectivity index (χ1n) is 11.0. The molecule has 0 aliphatic rings. The molecule has 6 nitrogen and oxygen atoms in total. The van der Waals surface area contributed by atoms with Gasteiger partial charge in [-0.2, -0.15) is 5.26 Å². The molecule has 0 spiro atoms. The number of carbonyl (C=O) groups excluding carboxylic acids is 1. The number of amides is 1. The molecule has 1 N–H and O–H groups in total. The quantitative estimate of drug-likeness (QED) is 0.271. The molecule has 0 heterocycles. The lowest BCUT2D eigenvalue weighted by Crippen LogP contribution is -2.13. The number of nitrogens with one attached hydrogen (secondary N) is 1. The summed E-state index contributed by atoms with van der Waals surface area (Å²) in [6, 6.07) is 20.3. The molecule has 0 aliphatic carbocycles. The van der Waals surface area contributed by atoms with Crippen LogP contribution in [-0.2, 0) is 11.4 Å². The maximum atomic E-state index is 12.7. The summed E-state index contributed by atoms with van der Waals surface area (Å²) in [5, 5.41) is 12.6. The minimum atomic E-state index is -0.543. The molecule has 1 amide bonds. The van der Waals surface area contributed by atoms with Gasteiger partial charge in [-0.05, 0) is 74.4 Å². The van der Waals surface area contributed by atoms with Crippen molar-refractivity contribution in [2.75, 3.05) is 12.4 Å². The summed E-state index contributed by atoms with van der Waals surface area (Å²) in [5.41, 5.74) is 3.25. The molecule has 3 rings (SSSR count). The molecule has 35 heavy (non-hydrogen) atoms. The van der Waals surface area contributed by atoms with Crippen molar-refractivity contribution in [1.82, 2.24) is 0 Å². The van der Waals surface area contributed by atoms with Crippen LogP contribution in [0.5, 0.6) is 17.2 Å². The van der Waals surface area contributed by atoms with E-state index >= 15 is 0 Å². The minimum Gasteiger partial charge on any atom is -0.493 e. The Morgan fingerprint density at radius 1 is 1.11 bits per heavy atom. The summed E-state index contributed by atoms with van der Waals surface area (Å²) >= 11 is 6.35. The van der Waals surface area contributed by atoms with Crippen LogP contribution in [-0.4, -0.2) is 19.1 Å². The molecule has 0 radical (unpaired) electrons. The Morgan fingerprint density at radius 2 is 1.80 bits per heavy atom. The van der Waals surface area contributed by atoms with Crippen molar-refractivity contribution < 1.29 is 19.0 Å². The maximum absolute atomic E-state index is 12.7. The van der Waals surface area contributed by atoms with E-state index in [0.29, 0.717) is 40.1 Å². The number of halogens is 1. The molecule has 0 atom stereocenters. The topological polar surface area (TPSA) is 80.6 Å². The average Bonchev–Trinajstić information content (AvgIpc) is 2.84. The third-order valence-electron chi connectivity index (χ3n) is 4.92. The number of benzene rings is 3. The number of hydrogen-bond donors (Lipinski definition) is 1. The Morgan fingerprint density at radius 3 is 2.40 bits per heavy atom. The summed E-state index contributed by atoms with van der Waals surface area (Å²) in [4.78, 5) is 12.7. The molecule has 3 aromatic carbocycles. The summed E-state index contributed by atoms with van der Waals surface area (Å²) in [6.07, 6.45) is 1.35. The number of nitriles is 1. The molecule has 7 heteroatoms. The van der Waals surface area contributed by atoms with Crippen LogP contribution in [0.15, 0.2) is 66.2 Å². The lowest BCUT2D eigenvalue weighted by atomic mass is 10.1. The molecule has 0 saturated heterocycles. The SMILES string of the molecule is COc1cc(/C=C(\C#N)C(=O)Nc2ccc(OCc3ccc(C)cc3)cc2)cc(Cl)c1OC(C)C. The number of carbonyl (C=O) groups is 1. The van der Waals surface area contributed by atoms with Crippen molar-refractivity contribution in [3.8, 4) is 23.3 Å². The van der Waals surface area contributed by atoms with E-state index in [4.69, 9.17) is 25.8 Å². The zero-order chi connectivity index (χ0) is 25.4. The Kier molecular flexibility index (Phi) is 8.77. The molecule has 0 aliphatic heterocycles. The summed E-state index contributed by atoms with van der Waals surface area (Å²) < 4.78 is 16.9. The van der Waals surface area contributed by atoms with E-state index in [2.05, 4.69) is 5.32 Å². The predicted octanol–water partition coefficient (Wildman–Crippen LogP) is 6.57. The van der Waals surface area contributed by atoms with Crippen LogP contribution in [0.25, 0.3) is 6.08 Å². The number of rotatable bonds is 9. The monoisotopic (exact) mass is 490 g/mol. The minimum absolute atomic E-state index is 0.0830. The average molecular weight is 491 g/mol. The van der Waals surface area contributed by atoms with Gasteiger partial charge in [-0.3, -0.25) is 4.79 Å². The Hall–Kier alpha value is -3.95. The first kappa shape index (κ1) is 25.7. The van der Waals surface area contributed by atoms with Crippen molar-refractivity contribution in [3.63, 3.8) is 0 Å². The summed E-state index contributed by atoms with van der Waals surface area (Å²) in [6.45, 7) is 6.24. The number of methoxy groups -OCH3 is 1. The normalized spacial score (nSPS) is 11.1. The van der Waals surface area contributed by atoms with Crippen LogP contribution < -0.4 is 19.5 Å². The van der Waals surface area contributed by atoms with Crippen LogP contribution in [0.1, 0.15) is 30.5 Å². The van der Waals surface area contributed by atoms with Crippen LogP contribution in [0, 0.1) is 18.3 Å². The van der Waals surface area contributed by atoms with Crippen LogP contribution in [0.4, 0.5) is 5.69 Å². The molecular weight excluding hydrogens is 464 g/mol. The van der Waals surface area contributed by atoms with Gasteiger partial charge in [-0.1, -0.05) is 41.4 Å². The zero-order valence-corrected chi connectivity index (χ0v) is 20.8. The third kappa shape index (κ3) is 7.26. The lowest BCUT2D eigenvalue weighted by Gasteiger charge is -2.15. The van der Waals surface area contributed by atoms with E-state index < -0.39 is 5.91 Å². The van der Waals surface area contributed by atoms with Crippen LogP contribution in [0.2, 0.25) is 5.02 Å². The van der Waals surface area contributed by atoms with Crippen molar-refractivity contribution in [2.45, 2.75) is 33.5 Å². The Balaban J connectivity index is 1.68. The largest absolute Gasteiger partial charge is 0.493 e. The second-order valence-electron chi connectivity index (χ2n) is 8.12. The van der Waals surface area contributed by atoms with Gasteiger partial charge in [-0.15, -0.1) is 0 Å². The highest BCUT2D eigenvalue weighted by atomic mass is 35.5. The number of hydrogen-bond acceptors (Lipinski definition) is 5. The lowest BCUT2D eigenvalue weighted by molar-refractivity contribution is -0.112. The van der Waals surface area contributed by atoms with Crippen LogP contribution >= 0.6 is 11.6 Å². The summed E-state index contributed by atoms with van der Waals surface area (Å²) in [7, 11) is 1.50. The molecule has 180 valence electrons. The van der Waals surface area contributed by atoms with E-state index in [1.54, 1.807) is 36.4 Å². The second-order valence-corrected chi connectivity index (χ2v) is 8.53. The van der Waals surface area contributed by atoms with Gasteiger partial charge in [0.15, 0.2) is 11.5 Å². The first-order chi connectivity index (χ1) is 16.8. The van der Waals surface area contributed by atoms with Gasteiger partial charge in [0.25, 0.3) is 5.91 Å². The van der Waals surface area contributed by atoms with Crippen LogP contribution in [0.3, 0.4) is 0 Å². The fourth-order valence-corrected chi connectivity index (χ4v) is 3.44. The molecule has 0 saturated carbocycles. The third-order valence-corrected chi connectivity index (χ3v) is 5.20. The Labute approximate surface area is 210 Å². The van der Waals surface area contributed by atoms with E-state index in [-0.39, 0.29) is 11.7 Å². The standard InChI is InChI=1S/C28H27ClN2O4/c1-18(2)35-27-25(29)14-21(15-26(27)33-4)13-22(16-30)28(32)31-23-9-11-24(12-10-23)34-17-20-7-5-19(3)6-8-20/h5-15,18H,17H2,1-4H3,(H,31,32)/b22-13+. The van der Waals surface area contributed by atoms with E-state index in [9.17, 15) is 10.1 Å². The number of nitrogens with zero attached hydrogens (tertiary/aromatic N) is 1. The summed E-state index contributed by atoms with van der Waals surface area (Å²) in [5.74, 6) is 0.953. The fourth-order valence-electron chi connectivity index (χ4n) is 3.17. The van der Waals surface area contributed by atoms with Gasteiger partial charge in [0, 0.05) is 5.69 Å². The molecule has 0 unspecified atom stereocenters. The van der Waals surface area contributed by atoms with Gasteiger partial charge in [0.2, 0.25) is 0 Å². The molecule has 3 aromatic rings. The van der Waals surface area contributed by atoms with Crippen molar-refractivity contribution in [1.29, 1.82) is 5.26 Å². The fraction of sp³-hybridized carbons (Fsp3) is 0.214. The van der Waals surface area contributed by atoms with Gasteiger partial charge < -0.3 is 19.5 Å². The van der Waals surface area contributed by atoms with Gasteiger partial charge in [-0.25, -0.2) is 0 Å². The highest BCUT2D eigenvalue weighted by molar-refractivity contribution is 6.32. The smallest absolute Gasteiger partial charge is 0.266 e. The molecule has 0 bridgehead atoms. The molecule has 0 aromatic heterocycles. The molecular formula is C28H27ClN2O4. The number of anilines is 1. The number of ether oxygens (including phenoxy) is 3. The predicted molar refractivity (Wildman–Crippen MR) is 138 cm³/mol. The van der Waals surface area contributed by atoms with E-state index in [1.807, 2.05) is 51.1 Å². The molecule has 0 fully saturated rings.